The van der Waals surface area contributed by atoms with Crippen molar-refractivity contribution < 1.29 is 14.0 Å². The maximum absolute atomic E-state index is 13.9. The molecule has 0 radical (unpaired) electrons. The molecule has 0 bridgehead atoms. The zero-order chi connectivity index (χ0) is 25.2. The van der Waals surface area contributed by atoms with Crippen molar-refractivity contribution in [3.8, 4) is 0 Å². The zero-order valence-electron chi connectivity index (χ0n) is 21.0. The van der Waals surface area contributed by atoms with Gasteiger partial charge in [0.25, 0.3) is 0 Å². The summed E-state index contributed by atoms with van der Waals surface area (Å²) in [6.45, 7) is 3.08. The first kappa shape index (κ1) is 24.7. The number of halogens is 1. The van der Waals surface area contributed by atoms with Gasteiger partial charge < -0.3 is 20.9 Å². The normalized spacial score (nSPS) is 21.8. The van der Waals surface area contributed by atoms with E-state index in [1.54, 1.807) is 13.0 Å². The predicted molar refractivity (Wildman–Crippen MR) is 137 cm³/mol. The van der Waals surface area contributed by atoms with Gasteiger partial charge in [-0.1, -0.05) is 19.3 Å². The fraction of sp³-hybridized carbons (Fsp3) is 0.536. The summed E-state index contributed by atoms with van der Waals surface area (Å²) in [7, 11) is 0. The molecule has 5 rings (SSSR count). The molecule has 3 N–H and O–H groups in total. The van der Waals surface area contributed by atoms with E-state index in [2.05, 4.69) is 21.3 Å². The Bertz CT molecular complexity index is 1120. The largest absolute Gasteiger partial charge is 0.343 e. The fourth-order valence-corrected chi connectivity index (χ4v) is 6.10. The van der Waals surface area contributed by atoms with Crippen molar-refractivity contribution >= 4 is 23.2 Å². The van der Waals surface area contributed by atoms with Crippen LogP contribution in [-0.2, 0) is 16.0 Å². The molecular formula is C28H36FN5O2. The number of hydrogen-bond acceptors (Lipinski definition) is 5. The molecule has 3 aliphatic rings. The second-order valence-electron chi connectivity index (χ2n) is 10.5. The van der Waals surface area contributed by atoms with Crippen molar-refractivity contribution in [2.24, 2.45) is 11.7 Å². The molecule has 7 nitrogen and oxygen atoms in total. The minimum absolute atomic E-state index is 0.00852. The third-order valence-corrected chi connectivity index (χ3v) is 8.01. The summed E-state index contributed by atoms with van der Waals surface area (Å²) in [5, 5.41) is 3.00. The lowest BCUT2D eigenvalue weighted by Gasteiger charge is -2.35. The van der Waals surface area contributed by atoms with E-state index in [4.69, 9.17) is 5.73 Å². The van der Waals surface area contributed by atoms with Gasteiger partial charge in [-0.3, -0.25) is 14.6 Å². The van der Waals surface area contributed by atoms with Crippen LogP contribution in [-0.4, -0.2) is 46.9 Å². The number of likely N-dealkylation sites (tertiary alicyclic amines) is 1. The van der Waals surface area contributed by atoms with Gasteiger partial charge in [-0.25, -0.2) is 4.39 Å². The molecule has 2 fully saturated rings. The number of pyridine rings is 1. The van der Waals surface area contributed by atoms with Crippen LogP contribution in [0.1, 0.15) is 69.0 Å². The Hall–Kier alpha value is -3.00. The third-order valence-electron chi connectivity index (χ3n) is 8.01. The summed E-state index contributed by atoms with van der Waals surface area (Å²) >= 11 is 0. The van der Waals surface area contributed by atoms with Gasteiger partial charge in [0.15, 0.2) is 0 Å². The molecule has 1 saturated carbocycles. The molecule has 3 heterocycles. The van der Waals surface area contributed by atoms with E-state index in [0.29, 0.717) is 6.54 Å². The van der Waals surface area contributed by atoms with E-state index in [0.717, 1.165) is 74.0 Å². The number of fused-ring (bicyclic) bond motifs is 1. The standard InChI is InChI=1S/C28H36FN5O2/c1-18(30)27(35)32-26(19-6-3-2-4-7-19)28(36)34-12-5-8-24(34)21-15-23(17-31-16-21)33-13-11-20-14-22(29)9-10-25(20)33/h9-10,14-19,24,26H,2-8,11-13,30H2,1H3,(H,32,35). The summed E-state index contributed by atoms with van der Waals surface area (Å²) in [6, 6.07) is 5.75. The maximum Gasteiger partial charge on any atom is 0.245 e. The fourth-order valence-electron chi connectivity index (χ4n) is 6.10. The van der Waals surface area contributed by atoms with Gasteiger partial charge in [0.05, 0.1) is 24.0 Å². The molecule has 1 saturated heterocycles. The van der Waals surface area contributed by atoms with Gasteiger partial charge in [-0.05, 0) is 80.3 Å². The molecule has 8 heteroatoms. The van der Waals surface area contributed by atoms with Crippen LogP contribution in [0.5, 0.6) is 0 Å². The molecule has 0 spiro atoms. The molecule has 1 aliphatic carbocycles. The Morgan fingerprint density at radius 2 is 1.89 bits per heavy atom. The molecule has 2 amide bonds. The molecule has 2 aromatic rings. The Morgan fingerprint density at radius 3 is 2.67 bits per heavy atom. The van der Waals surface area contributed by atoms with Crippen LogP contribution in [0.4, 0.5) is 15.8 Å². The second-order valence-corrected chi connectivity index (χ2v) is 10.5. The van der Waals surface area contributed by atoms with Crippen molar-refractivity contribution in [1.82, 2.24) is 15.2 Å². The Kier molecular flexibility index (Phi) is 7.23. The van der Waals surface area contributed by atoms with E-state index in [9.17, 15) is 14.0 Å². The van der Waals surface area contributed by atoms with Crippen LogP contribution in [0.3, 0.4) is 0 Å². The lowest BCUT2D eigenvalue weighted by atomic mass is 9.83. The van der Waals surface area contributed by atoms with E-state index in [-0.39, 0.29) is 29.6 Å². The minimum Gasteiger partial charge on any atom is -0.343 e. The van der Waals surface area contributed by atoms with Gasteiger partial charge in [-0.2, -0.15) is 0 Å². The first-order chi connectivity index (χ1) is 17.4. The first-order valence-corrected chi connectivity index (χ1v) is 13.3. The van der Waals surface area contributed by atoms with E-state index < -0.39 is 12.1 Å². The van der Waals surface area contributed by atoms with Crippen molar-refractivity contribution in [2.45, 2.75) is 76.4 Å². The smallest absolute Gasteiger partial charge is 0.245 e. The lowest BCUT2D eigenvalue weighted by molar-refractivity contribution is -0.139. The van der Waals surface area contributed by atoms with Crippen LogP contribution >= 0.6 is 0 Å². The van der Waals surface area contributed by atoms with Crippen LogP contribution in [0.25, 0.3) is 0 Å². The van der Waals surface area contributed by atoms with Crippen LogP contribution in [0.2, 0.25) is 0 Å². The highest BCUT2D eigenvalue weighted by Gasteiger charge is 2.39. The molecular weight excluding hydrogens is 457 g/mol. The number of hydrogen-bond donors (Lipinski definition) is 2. The van der Waals surface area contributed by atoms with Gasteiger partial charge in [0, 0.05) is 25.0 Å². The number of carbonyl (C=O) groups excluding carboxylic acids is 2. The zero-order valence-corrected chi connectivity index (χ0v) is 21.0. The summed E-state index contributed by atoms with van der Waals surface area (Å²) in [5.41, 5.74) is 9.78. The molecule has 3 atom stereocenters. The Morgan fingerprint density at radius 1 is 1.08 bits per heavy atom. The van der Waals surface area contributed by atoms with Crippen LogP contribution in [0.15, 0.2) is 36.7 Å². The Labute approximate surface area is 212 Å². The quantitative estimate of drug-likeness (QED) is 0.635. The molecule has 36 heavy (non-hydrogen) atoms. The highest BCUT2D eigenvalue weighted by atomic mass is 19.1. The number of nitrogens with two attached hydrogens (primary N) is 1. The predicted octanol–water partition coefficient (Wildman–Crippen LogP) is 3.99. The van der Waals surface area contributed by atoms with Gasteiger partial charge in [-0.15, -0.1) is 0 Å². The van der Waals surface area contributed by atoms with Crippen LogP contribution < -0.4 is 16.0 Å². The maximum atomic E-state index is 13.9. The summed E-state index contributed by atoms with van der Waals surface area (Å²) in [4.78, 5) is 35.1. The molecule has 2 aliphatic heterocycles. The first-order valence-electron chi connectivity index (χ1n) is 13.3. The Balaban J connectivity index is 1.39. The van der Waals surface area contributed by atoms with Gasteiger partial charge >= 0.3 is 0 Å². The topological polar surface area (TPSA) is 91.6 Å². The van der Waals surface area contributed by atoms with Crippen molar-refractivity contribution in [2.75, 3.05) is 18.0 Å². The van der Waals surface area contributed by atoms with Crippen LogP contribution in [0, 0.1) is 11.7 Å². The number of rotatable bonds is 6. The minimum atomic E-state index is -0.657. The van der Waals surface area contributed by atoms with E-state index >= 15 is 0 Å². The van der Waals surface area contributed by atoms with Crippen molar-refractivity contribution in [1.29, 1.82) is 0 Å². The number of amides is 2. The summed E-state index contributed by atoms with van der Waals surface area (Å²) in [5.74, 6) is -0.361. The highest BCUT2D eigenvalue weighted by Crippen LogP contribution is 2.39. The highest BCUT2D eigenvalue weighted by molar-refractivity contribution is 5.90. The number of benzene rings is 1. The SMILES string of the molecule is CC(N)C(=O)NC(C(=O)N1CCCC1c1cncc(N2CCc3cc(F)ccc32)c1)C1CCCCC1. The van der Waals surface area contributed by atoms with Gasteiger partial charge in [0.1, 0.15) is 11.9 Å². The third kappa shape index (κ3) is 4.96. The van der Waals surface area contributed by atoms with E-state index in [1.165, 1.54) is 12.5 Å². The molecule has 3 unspecified atom stereocenters. The monoisotopic (exact) mass is 493 g/mol. The van der Waals surface area contributed by atoms with Crippen molar-refractivity contribution in [3.63, 3.8) is 0 Å². The summed E-state index contributed by atoms with van der Waals surface area (Å²) < 4.78 is 13.7. The average molecular weight is 494 g/mol. The van der Waals surface area contributed by atoms with Gasteiger partial charge in [0.2, 0.25) is 11.8 Å². The number of carbonyl (C=O) groups is 2. The molecule has 1 aromatic carbocycles. The molecule has 192 valence electrons. The lowest BCUT2D eigenvalue weighted by Crippen LogP contribution is -2.55. The van der Waals surface area contributed by atoms with E-state index in [1.807, 2.05) is 23.4 Å². The average Bonchev–Trinajstić information content (AvgIpc) is 3.54. The number of nitrogens with zero attached hydrogens (tertiary/aromatic N) is 3. The number of anilines is 2. The van der Waals surface area contributed by atoms with Crippen molar-refractivity contribution in [3.05, 3.63) is 53.6 Å². The number of aromatic nitrogens is 1. The number of nitrogens with one attached hydrogen (secondary N) is 1. The molecule has 1 aromatic heterocycles. The second kappa shape index (κ2) is 10.5. The summed E-state index contributed by atoms with van der Waals surface area (Å²) in [6.07, 6.45) is 11.5.